The average molecular weight is 310 g/mol. The van der Waals surface area contributed by atoms with Crippen LogP contribution in [0, 0.1) is 11.3 Å². The third-order valence-corrected chi connectivity index (χ3v) is 4.69. The first kappa shape index (κ1) is 16.2. The maximum absolute atomic E-state index is 10.9. The summed E-state index contributed by atoms with van der Waals surface area (Å²) in [6.07, 6.45) is 6.37. The second-order valence-electron chi connectivity index (χ2n) is 6.66. The minimum atomic E-state index is -0.949. The van der Waals surface area contributed by atoms with Crippen LogP contribution in [0.1, 0.15) is 56.3 Å². The Morgan fingerprint density at radius 3 is 2.57 bits per heavy atom. The minimum absolute atomic E-state index is 0.225. The maximum Gasteiger partial charge on any atom is 0.335 e. The normalized spacial score (nSPS) is 17.1. The Hall–Kier alpha value is -1.22. The van der Waals surface area contributed by atoms with E-state index in [2.05, 4.69) is 19.2 Å². The minimum Gasteiger partial charge on any atom is -0.478 e. The van der Waals surface area contributed by atoms with Gasteiger partial charge in [0.15, 0.2) is 0 Å². The monoisotopic (exact) mass is 309 g/mol. The van der Waals surface area contributed by atoms with Crippen molar-refractivity contribution in [3.8, 4) is 0 Å². The summed E-state index contributed by atoms with van der Waals surface area (Å²) >= 11 is 6.18. The SMILES string of the molecule is CC(C)CC1(CNc2ccc(C(=O)O)cc2Cl)CCCC1. The van der Waals surface area contributed by atoms with Gasteiger partial charge < -0.3 is 10.4 Å². The quantitative estimate of drug-likeness (QED) is 0.772. The zero-order chi connectivity index (χ0) is 15.5. The molecule has 3 nitrogen and oxygen atoms in total. The van der Waals surface area contributed by atoms with Crippen LogP contribution in [0.3, 0.4) is 0 Å². The van der Waals surface area contributed by atoms with E-state index in [1.54, 1.807) is 12.1 Å². The highest BCUT2D eigenvalue weighted by molar-refractivity contribution is 6.33. The van der Waals surface area contributed by atoms with Gasteiger partial charge in [0.25, 0.3) is 0 Å². The molecule has 1 saturated carbocycles. The molecule has 1 fully saturated rings. The van der Waals surface area contributed by atoms with Gasteiger partial charge in [-0.25, -0.2) is 4.79 Å². The van der Waals surface area contributed by atoms with Gasteiger partial charge in [-0.3, -0.25) is 0 Å². The van der Waals surface area contributed by atoms with Gasteiger partial charge in [0.1, 0.15) is 0 Å². The summed E-state index contributed by atoms with van der Waals surface area (Å²) in [7, 11) is 0. The van der Waals surface area contributed by atoms with Crippen molar-refractivity contribution in [3.63, 3.8) is 0 Å². The van der Waals surface area contributed by atoms with Gasteiger partial charge in [-0.2, -0.15) is 0 Å². The molecular formula is C17H24ClNO2. The van der Waals surface area contributed by atoms with E-state index in [0.717, 1.165) is 12.2 Å². The number of carbonyl (C=O) groups is 1. The first-order valence-corrected chi connectivity index (χ1v) is 8.06. The summed E-state index contributed by atoms with van der Waals surface area (Å²) in [6.45, 7) is 5.46. The van der Waals surface area contributed by atoms with Crippen molar-refractivity contribution in [1.29, 1.82) is 0 Å². The molecule has 0 heterocycles. The number of hydrogen-bond donors (Lipinski definition) is 2. The molecule has 0 amide bonds. The highest BCUT2D eigenvalue weighted by Gasteiger charge is 2.34. The number of carboxylic acid groups (broad SMARTS) is 1. The fourth-order valence-electron chi connectivity index (χ4n) is 3.52. The number of rotatable bonds is 6. The Bertz CT molecular complexity index is 508. The van der Waals surface area contributed by atoms with Gasteiger partial charge in [0.05, 0.1) is 16.3 Å². The second-order valence-corrected chi connectivity index (χ2v) is 7.07. The first-order valence-electron chi connectivity index (χ1n) is 7.69. The molecule has 2 rings (SSSR count). The van der Waals surface area contributed by atoms with Gasteiger partial charge in [-0.1, -0.05) is 38.3 Å². The van der Waals surface area contributed by atoms with E-state index in [1.807, 2.05) is 0 Å². The van der Waals surface area contributed by atoms with Gasteiger partial charge >= 0.3 is 5.97 Å². The molecule has 116 valence electrons. The Labute approximate surface area is 131 Å². The Kier molecular flexibility index (Phi) is 5.15. The Balaban J connectivity index is 2.06. The number of anilines is 1. The van der Waals surface area contributed by atoms with E-state index in [4.69, 9.17) is 16.7 Å². The van der Waals surface area contributed by atoms with Crippen LogP contribution < -0.4 is 5.32 Å². The van der Waals surface area contributed by atoms with Crippen LogP contribution in [0.15, 0.2) is 18.2 Å². The topological polar surface area (TPSA) is 49.3 Å². The van der Waals surface area contributed by atoms with Crippen LogP contribution in [0.2, 0.25) is 5.02 Å². The summed E-state index contributed by atoms with van der Waals surface area (Å²) < 4.78 is 0. The molecule has 0 saturated heterocycles. The van der Waals surface area contributed by atoms with Crippen LogP contribution in [-0.4, -0.2) is 17.6 Å². The molecule has 0 spiro atoms. The molecule has 0 unspecified atom stereocenters. The van der Waals surface area contributed by atoms with Crippen molar-refractivity contribution in [2.75, 3.05) is 11.9 Å². The fourth-order valence-corrected chi connectivity index (χ4v) is 3.77. The van der Waals surface area contributed by atoms with Crippen LogP contribution in [0.4, 0.5) is 5.69 Å². The zero-order valence-corrected chi connectivity index (χ0v) is 13.5. The van der Waals surface area contributed by atoms with Gasteiger partial charge in [0.2, 0.25) is 0 Å². The van der Waals surface area contributed by atoms with Crippen molar-refractivity contribution >= 4 is 23.3 Å². The molecule has 0 aliphatic heterocycles. The number of aromatic carboxylic acids is 1. The third kappa shape index (κ3) is 4.13. The van der Waals surface area contributed by atoms with E-state index in [1.165, 1.54) is 38.2 Å². The molecule has 0 radical (unpaired) electrons. The molecule has 4 heteroatoms. The second kappa shape index (κ2) is 6.69. The fraction of sp³-hybridized carbons (Fsp3) is 0.588. The van der Waals surface area contributed by atoms with Gasteiger partial charge in [-0.15, -0.1) is 0 Å². The highest BCUT2D eigenvalue weighted by Crippen LogP contribution is 2.43. The van der Waals surface area contributed by atoms with Crippen molar-refractivity contribution in [2.24, 2.45) is 11.3 Å². The number of benzene rings is 1. The van der Waals surface area contributed by atoms with Crippen molar-refractivity contribution in [2.45, 2.75) is 46.0 Å². The number of hydrogen-bond acceptors (Lipinski definition) is 2. The average Bonchev–Trinajstić information content (AvgIpc) is 2.85. The predicted octanol–water partition coefficient (Wildman–Crippen LogP) is 5.06. The smallest absolute Gasteiger partial charge is 0.335 e. The summed E-state index contributed by atoms with van der Waals surface area (Å²) in [5.41, 5.74) is 1.42. The first-order chi connectivity index (χ1) is 9.92. The molecule has 1 aliphatic rings. The van der Waals surface area contributed by atoms with Crippen LogP contribution >= 0.6 is 11.6 Å². The summed E-state index contributed by atoms with van der Waals surface area (Å²) in [5.74, 6) is -0.259. The van der Waals surface area contributed by atoms with Gasteiger partial charge in [0, 0.05) is 6.54 Å². The lowest BCUT2D eigenvalue weighted by Crippen LogP contribution is -2.28. The van der Waals surface area contributed by atoms with E-state index in [9.17, 15) is 4.79 Å². The van der Waals surface area contributed by atoms with Crippen molar-refractivity contribution in [1.82, 2.24) is 0 Å². The maximum atomic E-state index is 10.9. The van der Waals surface area contributed by atoms with Crippen LogP contribution in [-0.2, 0) is 0 Å². The summed E-state index contributed by atoms with van der Waals surface area (Å²) in [5, 5.41) is 12.9. The van der Waals surface area contributed by atoms with Crippen molar-refractivity contribution < 1.29 is 9.90 Å². The van der Waals surface area contributed by atoms with E-state index in [-0.39, 0.29) is 5.56 Å². The van der Waals surface area contributed by atoms with E-state index >= 15 is 0 Å². The molecule has 0 atom stereocenters. The predicted molar refractivity (Wildman–Crippen MR) is 87.3 cm³/mol. The standard InChI is InChI=1S/C17H24ClNO2/c1-12(2)10-17(7-3-4-8-17)11-19-15-6-5-13(16(20)21)9-14(15)18/h5-6,9,12,19H,3-4,7-8,10-11H2,1-2H3,(H,20,21). The molecule has 0 aromatic heterocycles. The van der Waals surface area contributed by atoms with Crippen LogP contribution in [0.25, 0.3) is 0 Å². The number of nitrogens with one attached hydrogen (secondary N) is 1. The lowest BCUT2D eigenvalue weighted by molar-refractivity contribution is 0.0697. The summed E-state index contributed by atoms with van der Waals surface area (Å²) in [6, 6.07) is 4.88. The molecule has 1 aliphatic carbocycles. The molecule has 1 aromatic carbocycles. The largest absolute Gasteiger partial charge is 0.478 e. The number of carboxylic acids is 1. The Morgan fingerprint density at radius 1 is 1.38 bits per heavy atom. The van der Waals surface area contributed by atoms with Crippen LogP contribution in [0.5, 0.6) is 0 Å². The van der Waals surface area contributed by atoms with Gasteiger partial charge in [-0.05, 0) is 48.8 Å². The third-order valence-electron chi connectivity index (χ3n) is 4.38. The zero-order valence-electron chi connectivity index (χ0n) is 12.8. The molecule has 0 bridgehead atoms. The summed E-state index contributed by atoms with van der Waals surface area (Å²) in [4.78, 5) is 10.9. The van der Waals surface area contributed by atoms with E-state index < -0.39 is 5.97 Å². The Morgan fingerprint density at radius 2 is 2.05 bits per heavy atom. The lowest BCUT2D eigenvalue weighted by atomic mass is 9.78. The van der Waals surface area contributed by atoms with Crippen molar-refractivity contribution in [3.05, 3.63) is 28.8 Å². The molecule has 21 heavy (non-hydrogen) atoms. The van der Waals surface area contributed by atoms with E-state index in [0.29, 0.717) is 16.4 Å². The lowest BCUT2D eigenvalue weighted by Gasteiger charge is -2.31. The number of halogens is 1. The highest BCUT2D eigenvalue weighted by atomic mass is 35.5. The molecule has 1 aromatic rings. The molecular weight excluding hydrogens is 286 g/mol. The molecule has 2 N–H and O–H groups in total.